The molecule has 2 saturated heterocycles. The molecule has 4 rings (SSSR count). The molecular formula is C36H50N6O11S. The Kier molecular flexibility index (Phi) is 16.0. The summed E-state index contributed by atoms with van der Waals surface area (Å²) in [5.41, 5.74) is 7.53. The number of phenolic OH excluding ortho intramolecular Hbond substituents is 1. The van der Waals surface area contributed by atoms with Crippen molar-refractivity contribution in [3.63, 3.8) is 0 Å². The highest BCUT2D eigenvalue weighted by atomic mass is 32.2. The largest absolute Gasteiger partial charge is 0.508 e. The smallest absolute Gasteiger partial charge is 0.246 e. The normalized spacial score (nSPS) is 24.1. The van der Waals surface area contributed by atoms with Gasteiger partial charge >= 0.3 is 0 Å². The lowest BCUT2D eigenvalue weighted by molar-refractivity contribution is -0.236. The number of likely N-dealkylation sites (tertiary alicyclic amines) is 1. The molecule has 11 N–H and O–H groups in total. The summed E-state index contributed by atoms with van der Waals surface area (Å²) >= 11 is 1.46. The zero-order chi connectivity index (χ0) is 39.4. The zero-order valence-electron chi connectivity index (χ0n) is 29.9. The van der Waals surface area contributed by atoms with Crippen molar-refractivity contribution in [2.24, 2.45) is 5.73 Å². The summed E-state index contributed by atoms with van der Waals surface area (Å²) in [6, 6.07) is 10.9. The van der Waals surface area contributed by atoms with Gasteiger partial charge in [0.1, 0.15) is 48.3 Å². The van der Waals surface area contributed by atoms with Crippen LogP contribution in [0.2, 0.25) is 0 Å². The second-order valence-electron chi connectivity index (χ2n) is 13.3. The van der Waals surface area contributed by atoms with E-state index in [-0.39, 0.29) is 38.0 Å². The highest BCUT2D eigenvalue weighted by molar-refractivity contribution is 7.98. The highest BCUT2D eigenvalue weighted by Crippen LogP contribution is 2.23. The number of aliphatic hydroxyl groups excluding tert-OH is 4. The van der Waals surface area contributed by atoms with Crippen LogP contribution >= 0.6 is 11.8 Å². The molecule has 2 aliphatic heterocycles. The molecule has 18 heteroatoms. The minimum Gasteiger partial charge on any atom is -0.508 e. The molecule has 9 atom stereocenters. The van der Waals surface area contributed by atoms with Crippen LogP contribution in [-0.2, 0) is 41.6 Å². The van der Waals surface area contributed by atoms with Gasteiger partial charge in [0.05, 0.1) is 19.2 Å². The summed E-state index contributed by atoms with van der Waals surface area (Å²) in [7, 11) is 0. The monoisotopic (exact) mass is 774 g/mol. The van der Waals surface area contributed by atoms with Gasteiger partial charge in [-0.1, -0.05) is 42.5 Å². The van der Waals surface area contributed by atoms with Crippen LogP contribution < -0.4 is 27.0 Å². The molecule has 0 saturated carbocycles. The van der Waals surface area contributed by atoms with Gasteiger partial charge in [-0.2, -0.15) is 11.8 Å². The molecule has 0 aliphatic carbocycles. The number of aliphatic hydroxyl groups is 4. The predicted molar refractivity (Wildman–Crippen MR) is 196 cm³/mol. The first-order valence-electron chi connectivity index (χ1n) is 17.7. The Morgan fingerprint density at radius 1 is 0.907 bits per heavy atom. The summed E-state index contributed by atoms with van der Waals surface area (Å²) < 4.78 is 5.41. The SMILES string of the molecule is CSCC[C@@H](NC(=O)[C@@H](N)Cc1ccc(O)cc1)C(=O)NCC(=O)N[C@@H](Cc1ccccc1)C(=O)N1CCC[C@H]1C(=O)N[C@@H]1O[C@H](CO)[C@@H](O)[C@H](O)[C@H]1O. The minimum absolute atomic E-state index is 0.0578. The fourth-order valence-electron chi connectivity index (χ4n) is 6.31. The maximum Gasteiger partial charge on any atom is 0.246 e. The van der Waals surface area contributed by atoms with Crippen LogP contribution in [0, 0.1) is 0 Å². The first-order valence-corrected chi connectivity index (χ1v) is 19.1. The van der Waals surface area contributed by atoms with Crippen LogP contribution in [0.1, 0.15) is 30.4 Å². The number of benzene rings is 2. The predicted octanol–water partition coefficient (Wildman–Crippen LogP) is -2.75. The van der Waals surface area contributed by atoms with Crippen molar-refractivity contribution in [2.75, 3.05) is 31.7 Å². The molecule has 2 aromatic carbocycles. The summed E-state index contributed by atoms with van der Waals surface area (Å²) in [6.07, 6.45) is -4.75. The lowest BCUT2D eigenvalue weighted by atomic mass is 9.98. The Morgan fingerprint density at radius 3 is 2.26 bits per heavy atom. The third-order valence-corrected chi connectivity index (χ3v) is 9.97. The van der Waals surface area contributed by atoms with Crippen molar-refractivity contribution < 1.29 is 54.2 Å². The number of hydrogen-bond donors (Lipinski definition) is 10. The van der Waals surface area contributed by atoms with Gasteiger partial charge in [-0.15, -0.1) is 0 Å². The second kappa shape index (κ2) is 20.4. The standard InChI is InChI=1S/C36H50N6O11S/c1-54-15-13-24(40-32(49)23(37)16-21-9-11-22(44)12-10-21)33(50)38-18-28(45)39-25(17-20-6-3-2-4-7-20)36(52)42-14-5-8-26(42)34(51)41-35-31(48)30(47)29(46)27(19-43)53-35/h2-4,6-7,9-12,23-27,29-31,35,43-44,46-48H,5,8,13-19,37H2,1H3,(H,38,50)(H,39,45)(H,40,49)(H,41,51)/t23-,24+,25-,26-,27+,29+,30-,31+,35+/m0/s1. The van der Waals surface area contributed by atoms with Crippen molar-refractivity contribution >= 4 is 41.3 Å². The fraction of sp³-hybridized carbons (Fsp3) is 0.528. The van der Waals surface area contributed by atoms with Crippen molar-refractivity contribution in [1.29, 1.82) is 0 Å². The topological polar surface area (TPSA) is 273 Å². The van der Waals surface area contributed by atoms with E-state index >= 15 is 0 Å². The van der Waals surface area contributed by atoms with Crippen LogP contribution in [0.5, 0.6) is 5.75 Å². The van der Waals surface area contributed by atoms with Gasteiger partial charge in [0.2, 0.25) is 29.5 Å². The summed E-state index contributed by atoms with van der Waals surface area (Å²) in [5, 5.41) is 60.0. The Balaban J connectivity index is 1.39. The van der Waals surface area contributed by atoms with Crippen molar-refractivity contribution in [3.8, 4) is 5.75 Å². The van der Waals surface area contributed by atoms with E-state index in [1.54, 1.807) is 42.5 Å². The van der Waals surface area contributed by atoms with Gasteiger partial charge in [-0.05, 0) is 61.0 Å². The Bertz CT molecular complexity index is 1570. The molecule has 2 aliphatic rings. The average molecular weight is 775 g/mol. The van der Waals surface area contributed by atoms with Gasteiger partial charge in [0, 0.05) is 13.0 Å². The summed E-state index contributed by atoms with van der Waals surface area (Å²) in [4.78, 5) is 68.2. The highest BCUT2D eigenvalue weighted by Gasteiger charge is 2.46. The average Bonchev–Trinajstić information content (AvgIpc) is 3.67. The lowest BCUT2D eigenvalue weighted by Crippen LogP contribution is -2.64. The first kappa shape index (κ1) is 42.4. The number of nitrogens with one attached hydrogen (secondary N) is 4. The van der Waals surface area contributed by atoms with E-state index in [0.29, 0.717) is 23.3 Å². The third-order valence-electron chi connectivity index (χ3n) is 9.33. The number of carbonyl (C=O) groups excluding carboxylic acids is 5. The first-order chi connectivity index (χ1) is 25.8. The number of thioether (sulfide) groups is 1. The van der Waals surface area contributed by atoms with E-state index in [1.807, 2.05) is 6.26 Å². The van der Waals surface area contributed by atoms with Gasteiger partial charge in [0.25, 0.3) is 0 Å². The summed E-state index contributed by atoms with van der Waals surface area (Å²) in [6.45, 7) is -1.03. The molecule has 2 fully saturated rings. The Labute approximate surface area is 317 Å². The molecule has 0 unspecified atom stereocenters. The lowest BCUT2D eigenvalue weighted by Gasteiger charge is -2.40. The van der Waals surface area contributed by atoms with Crippen LogP contribution in [0.3, 0.4) is 0 Å². The number of amides is 5. The number of hydrogen-bond acceptors (Lipinski definition) is 13. The minimum atomic E-state index is -1.71. The van der Waals surface area contributed by atoms with E-state index in [1.165, 1.54) is 28.8 Å². The molecule has 0 spiro atoms. The Morgan fingerprint density at radius 2 is 1.59 bits per heavy atom. The molecule has 5 amide bonds. The van der Waals surface area contributed by atoms with Gasteiger partial charge < -0.3 is 62.2 Å². The Hall–Kier alpha value is -4.30. The molecule has 0 bridgehead atoms. The molecular weight excluding hydrogens is 724 g/mol. The molecule has 17 nitrogen and oxygen atoms in total. The second-order valence-corrected chi connectivity index (χ2v) is 14.3. The molecule has 2 heterocycles. The zero-order valence-corrected chi connectivity index (χ0v) is 30.7. The van der Waals surface area contributed by atoms with Crippen molar-refractivity contribution in [3.05, 3.63) is 65.7 Å². The third kappa shape index (κ3) is 11.6. The fourth-order valence-corrected chi connectivity index (χ4v) is 6.78. The number of phenols is 1. The number of carbonyl (C=O) groups is 5. The van der Waals surface area contributed by atoms with E-state index in [9.17, 15) is 49.5 Å². The van der Waals surface area contributed by atoms with E-state index in [2.05, 4.69) is 21.3 Å². The maximum atomic E-state index is 14.0. The van der Waals surface area contributed by atoms with Crippen LogP contribution in [0.4, 0.5) is 0 Å². The number of nitrogens with zero attached hydrogens (tertiary/aromatic N) is 1. The molecule has 2 aromatic rings. The van der Waals surface area contributed by atoms with Crippen molar-refractivity contribution in [1.82, 2.24) is 26.2 Å². The van der Waals surface area contributed by atoms with Gasteiger partial charge in [-0.3, -0.25) is 24.0 Å². The molecule has 0 radical (unpaired) electrons. The number of rotatable bonds is 17. The van der Waals surface area contributed by atoms with Crippen molar-refractivity contribution in [2.45, 2.75) is 86.9 Å². The van der Waals surface area contributed by atoms with Crippen LogP contribution in [-0.4, -0.2) is 146 Å². The van der Waals surface area contributed by atoms with E-state index in [0.717, 1.165) is 0 Å². The quantitative estimate of drug-likeness (QED) is 0.0782. The maximum absolute atomic E-state index is 14.0. The van der Waals surface area contributed by atoms with E-state index in [4.69, 9.17) is 10.5 Å². The van der Waals surface area contributed by atoms with Gasteiger partial charge in [-0.25, -0.2) is 0 Å². The summed E-state index contributed by atoms with van der Waals surface area (Å²) in [5.74, 6) is -2.58. The van der Waals surface area contributed by atoms with Crippen LogP contribution in [0.25, 0.3) is 0 Å². The van der Waals surface area contributed by atoms with Gasteiger partial charge in [0.15, 0.2) is 6.23 Å². The molecule has 296 valence electrons. The molecule has 54 heavy (non-hydrogen) atoms. The van der Waals surface area contributed by atoms with E-state index < -0.39 is 97.5 Å². The number of nitrogens with two attached hydrogens (primary N) is 1. The number of aromatic hydroxyl groups is 1. The molecule has 0 aromatic heterocycles. The number of ether oxygens (including phenoxy) is 1. The van der Waals surface area contributed by atoms with Crippen LogP contribution in [0.15, 0.2) is 54.6 Å².